The highest BCUT2D eigenvalue weighted by Gasteiger charge is 2.15. The first kappa shape index (κ1) is 29.6. The number of aryl methyl sites for hydroxylation is 2. The highest BCUT2D eigenvalue weighted by atomic mass is 16.6. The third-order valence-electron chi connectivity index (χ3n) is 5.55. The molecule has 1 amide bonds. The molecule has 0 aliphatic heterocycles. The number of ether oxygens (including phenoxy) is 4. The maximum Gasteiger partial charge on any atom is 0.407 e. The van der Waals surface area contributed by atoms with Gasteiger partial charge in [-0.25, -0.2) is 4.79 Å². The second kappa shape index (κ2) is 16.1. The molecule has 1 aromatic heterocycles. The van der Waals surface area contributed by atoms with Crippen molar-refractivity contribution in [3.8, 4) is 0 Å². The Morgan fingerprint density at radius 1 is 0.789 bits per heavy atom. The van der Waals surface area contributed by atoms with Gasteiger partial charge in [0.2, 0.25) is 0 Å². The molecule has 0 aliphatic carbocycles. The zero-order chi connectivity index (χ0) is 27.1. The van der Waals surface area contributed by atoms with Crippen LogP contribution < -0.4 is 10.6 Å². The molecule has 0 radical (unpaired) electrons. The third kappa shape index (κ3) is 12.1. The van der Waals surface area contributed by atoms with Crippen molar-refractivity contribution in [1.82, 2.24) is 10.6 Å². The second-order valence-electron chi connectivity index (χ2n) is 10.0. The molecule has 0 atom stereocenters. The van der Waals surface area contributed by atoms with E-state index in [-0.39, 0.29) is 0 Å². The molecule has 208 valence electrons. The summed E-state index contributed by atoms with van der Waals surface area (Å²) >= 11 is 0. The Morgan fingerprint density at radius 2 is 1.47 bits per heavy atom. The summed E-state index contributed by atoms with van der Waals surface area (Å²) in [6.07, 6.45) is 1.43. The number of hydrogen-bond donors (Lipinski definition) is 2. The van der Waals surface area contributed by atoms with E-state index in [1.165, 1.54) is 11.1 Å². The van der Waals surface area contributed by atoms with E-state index in [0.717, 1.165) is 42.7 Å². The van der Waals surface area contributed by atoms with E-state index in [0.29, 0.717) is 46.2 Å². The Hall–Kier alpha value is -2.91. The molecule has 2 aromatic carbocycles. The molecule has 0 saturated carbocycles. The quantitative estimate of drug-likeness (QED) is 0.242. The van der Waals surface area contributed by atoms with Gasteiger partial charge in [-0.3, -0.25) is 0 Å². The lowest BCUT2D eigenvalue weighted by molar-refractivity contribution is 0.0145. The summed E-state index contributed by atoms with van der Waals surface area (Å²) in [6.45, 7) is 10.4. The van der Waals surface area contributed by atoms with Crippen LogP contribution in [0, 0.1) is 0 Å². The van der Waals surface area contributed by atoms with Crippen molar-refractivity contribution in [2.24, 2.45) is 0 Å². The van der Waals surface area contributed by atoms with Crippen LogP contribution in [0.5, 0.6) is 0 Å². The molecule has 0 saturated heterocycles. The lowest BCUT2D eigenvalue weighted by Gasteiger charge is -2.19. The number of hydrogen-bond acceptors (Lipinski definition) is 7. The molecular weight excluding hydrogens is 484 g/mol. The number of carbonyl (C=O) groups is 1. The number of furan rings is 1. The summed E-state index contributed by atoms with van der Waals surface area (Å²) in [5.41, 5.74) is 2.94. The van der Waals surface area contributed by atoms with E-state index < -0.39 is 11.7 Å². The van der Waals surface area contributed by atoms with Crippen molar-refractivity contribution in [3.63, 3.8) is 0 Å². The van der Waals surface area contributed by atoms with Gasteiger partial charge in [-0.05, 0) is 50.5 Å². The van der Waals surface area contributed by atoms with Crippen molar-refractivity contribution in [2.75, 3.05) is 52.7 Å². The van der Waals surface area contributed by atoms with Crippen LogP contribution >= 0.6 is 0 Å². The van der Waals surface area contributed by atoms with Gasteiger partial charge in [0.1, 0.15) is 16.9 Å². The molecule has 0 aliphatic rings. The Labute approximate surface area is 226 Å². The van der Waals surface area contributed by atoms with Gasteiger partial charge < -0.3 is 34.0 Å². The van der Waals surface area contributed by atoms with Gasteiger partial charge in [-0.2, -0.15) is 0 Å². The van der Waals surface area contributed by atoms with Crippen molar-refractivity contribution in [2.45, 2.75) is 45.8 Å². The standard InChI is InChI=1S/C30H42N2O6/c1-30(2,3)38-29(33)32-14-16-35-18-20-36-19-17-34-15-13-31-23-25-9-11-26-22-27(37-28(26)21-25)12-10-24-7-5-4-6-8-24/h4-9,11,21-22,31H,10,12-20,23H2,1-3H3,(H,32,33). The van der Waals surface area contributed by atoms with Gasteiger partial charge in [0.15, 0.2) is 0 Å². The van der Waals surface area contributed by atoms with Crippen LogP contribution in [-0.2, 0) is 38.3 Å². The summed E-state index contributed by atoms with van der Waals surface area (Å²) in [7, 11) is 0. The lowest BCUT2D eigenvalue weighted by Crippen LogP contribution is -2.34. The fraction of sp³-hybridized carbons (Fsp3) is 0.500. The summed E-state index contributed by atoms with van der Waals surface area (Å²) in [4.78, 5) is 11.5. The number of carbonyl (C=O) groups excluding carboxylic acids is 1. The predicted octanol–water partition coefficient (Wildman–Crippen LogP) is 4.88. The largest absolute Gasteiger partial charge is 0.461 e. The summed E-state index contributed by atoms with van der Waals surface area (Å²) in [5, 5.41) is 7.19. The molecule has 3 aromatic rings. The number of nitrogens with one attached hydrogen (secondary N) is 2. The Morgan fingerprint density at radius 3 is 2.18 bits per heavy atom. The van der Waals surface area contributed by atoms with E-state index in [1.54, 1.807) is 0 Å². The van der Waals surface area contributed by atoms with E-state index in [1.807, 2.05) is 26.8 Å². The Kier molecular flexibility index (Phi) is 12.6. The summed E-state index contributed by atoms with van der Waals surface area (Å²) in [5.74, 6) is 1.02. The first-order valence-corrected chi connectivity index (χ1v) is 13.4. The highest BCUT2D eigenvalue weighted by molar-refractivity contribution is 5.78. The number of amides is 1. The second-order valence-corrected chi connectivity index (χ2v) is 10.0. The number of alkyl carbamates (subject to hydrolysis) is 1. The van der Waals surface area contributed by atoms with Gasteiger partial charge in [-0.15, -0.1) is 0 Å². The first-order chi connectivity index (χ1) is 18.4. The predicted molar refractivity (Wildman–Crippen MR) is 148 cm³/mol. The molecule has 8 heteroatoms. The normalized spacial score (nSPS) is 11.7. The fourth-order valence-electron chi connectivity index (χ4n) is 3.73. The Bertz CT molecular complexity index is 1080. The molecular formula is C30H42N2O6. The van der Waals surface area contributed by atoms with Crippen LogP contribution in [0.4, 0.5) is 4.79 Å². The summed E-state index contributed by atoms with van der Waals surface area (Å²) < 4.78 is 27.8. The SMILES string of the molecule is CC(C)(C)OC(=O)NCCOCCOCCOCCNCc1ccc2cc(CCc3ccccc3)oc2c1. The van der Waals surface area contributed by atoms with Crippen LogP contribution in [0.1, 0.15) is 37.7 Å². The third-order valence-corrected chi connectivity index (χ3v) is 5.55. The van der Waals surface area contributed by atoms with Crippen molar-refractivity contribution in [1.29, 1.82) is 0 Å². The van der Waals surface area contributed by atoms with Crippen LogP contribution in [-0.4, -0.2) is 64.4 Å². The zero-order valence-electron chi connectivity index (χ0n) is 22.9. The molecule has 0 fully saturated rings. The van der Waals surface area contributed by atoms with Crippen LogP contribution in [0.3, 0.4) is 0 Å². The average Bonchev–Trinajstić information content (AvgIpc) is 3.29. The van der Waals surface area contributed by atoms with Gasteiger partial charge in [0, 0.05) is 31.4 Å². The molecule has 0 bridgehead atoms. The van der Waals surface area contributed by atoms with E-state index in [9.17, 15) is 4.79 Å². The fourth-order valence-corrected chi connectivity index (χ4v) is 3.73. The van der Waals surface area contributed by atoms with Crippen LogP contribution in [0.2, 0.25) is 0 Å². The molecule has 38 heavy (non-hydrogen) atoms. The number of rotatable bonds is 17. The number of benzene rings is 2. The maximum absolute atomic E-state index is 11.5. The van der Waals surface area contributed by atoms with Crippen molar-refractivity contribution in [3.05, 3.63) is 71.5 Å². The topological polar surface area (TPSA) is 91.2 Å². The maximum atomic E-state index is 11.5. The molecule has 8 nitrogen and oxygen atoms in total. The van der Waals surface area contributed by atoms with Gasteiger partial charge in [0.25, 0.3) is 0 Å². The van der Waals surface area contributed by atoms with E-state index in [2.05, 4.69) is 59.2 Å². The monoisotopic (exact) mass is 526 g/mol. The molecule has 3 rings (SSSR count). The lowest BCUT2D eigenvalue weighted by atomic mass is 10.1. The van der Waals surface area contributed by atoms with Crippen molar-refractivity contribution < 1.29 is 28.2 Å². The summed E-state index contributed by atoms with van der Waals surface area (Å²) in [6, 6.07) is 19.0. The number of fused-ring (bicyclic) bond motifs is 1. The zero-order valence-corrected chi connectivity index (χ0v) is 22.9. The van der Waals surface area contributed by atoms with Crippen LogP contribution in [0.15, 0.2) is 59.0 Å². The molecule has 0 unspecified atom stereocenters. The van der Waals surface area contributed by atoms with Crippen LogP contribution in [0.25, 0.3) is 11.0 Å². The van der Waals surface area contributed by atoms with E-state index in [4.69, 9.17) is 23.4 Å². The average molecular weight is 527 g/mol. The first-order valence-electron chi connectivity index (χ1n) is 13.4. The minimum atomic E-state index is -0.500. The molecule has 1 heterocycles. The molecule has 0 spiro atoms. The smallest absolute Gasteiger partial charge is 0.407 e. The minimum absolute atomic E-state index is 0.399. The molecule has 2 N–H and O–H groups in total. The highest BCUT2D eigenvalue weighted by Crippen LogP contribution is 2.22. The van der Waals surface area contributed by atoms with Gasteiger partial charge in [-0.1, -0.05) is 42.5 Å². The van der Waals surface area contributed by atoms with Gasteiger partial charge in [0.05, 0.1) is 39.6 Å². The Balaban J connectivity index is 1.16. The van der Waals surface area contributed by atoms with E-state index >= 15 is 0 Å². The van der Waals surface area contributed by atoms with Gasteiger partial charge >= 0.3 is 6.09 Å². The van der Waals surface area contributed by atoms with Crippen molar-refractivity contribution >= 4 is 17.1 Å². The minimum Gasteiger partial charge on any atom is -0.461 e.